The maximum Gasteiger partial charge on any atom is 0.268 e. The minimum absolute atomic E-state index is 0.0484. The van der Waals surface area contributed by atoms with Gasteiger partial charge in [-0.25, -0.2) is 12.4 Å². The Morgan fingerprint density at radius 1 is 0.618 bits per heavy atom. The molecule has 1 heterocycles. The fourth-order valence-corrected chi connectivity index (χ4v) is 9.15. The SMILES string of the molecule is O=S(Cc1c(Br)c(Br)c(CS(=O)c2ccccc2)n1S(=O)(=O)c1ccccc1)c1ccccc1. The van der Waals surface area contributed by atoms with Crippen molar-refractivity contribution in [3.63, 3.8) is 0 Å². The zero-order chi connectivity index (χ0) is 24.3. The molecule has 0 fully saturated rings. The molecule has 34 heavy (non-hydrogen) atoms. The van der Waals surface area contributed by atoms with Gasteiger partial charge in [0.15, 0.2) is 0 Å². The van der Waals surface area contributed by atoms with Crippen molar-refractivity contribution in [3.8, 4) is 0 Å². The van der Waals surface area contributed by atoms with Gasteiger partial charge in [-0.1, -0.05) is 54.6 Å². The summed E-state index contributed by atoms with van der Waals surface area (Å²) in [6, 6.07) is 25.8. The van der Waals surface area contributed by atoms with Crippen LogP contribution < -0.4 is 0 Å². The third-order valence-electron chi connectivity index (χ3n) is 5.02. The van der Waals surface area contributed by atoms with E-state index in [1.807, 2.05) is 12.1 Å². The van der Waals surface area contributed by atoms with Crippen LogP contribution in [-0.2, 0) is 43.1 Å². The molecule has 5 nitrogen and oxygen atoms in total. The maximum absolute atomic E-state index is 13.8. The lowest BCUT2D eigenvalue weighted by Crippen LogP contribution is -2.20. The first kappa shape index (κ1) is 25.2. The maximum atomic E-state index is 13.8. The molecule has 176 valence electrons. The van der Waals surface area contributed by atoms with E-state index in [-0.39, 0.29) is 16.4 Å². The summed E-state index contributed by atoms with van der Waals surface area (Å²) < 4.78 is 56.0. The van der Waals surface area contributed by atoms with E-state index in [9.17, 15) is 16.8 Å². The van der Waals surface area contributed by atoms with E-state index in [2.05, 4.69) is 31.9 Å². The number of aromatic nitrogens is 1. The lowest BCUT2D eigenvalue weighted by Gasteiger charge is -2.15. The van der Waals surface area contributed by atoms with Crippen molar-refractivity contribution in [3.05, 3.63) is 111 Å². The van der Waals surface area contributed by atoms with Crippen molar-refractivity contribution < 1.29 is 16.8 Å². The van der Waals surface area contributed by atoms with Crippen molar-refractivity contribution in [2.75, 3.05) is 0 Å². The highest BCUT2D eigenvalue weighted by molar-refractivity contribution is 9.13. The van der Waals surface area contributed by atoms with Crippen molar-refractivity contribution in [1.82, 2.24) is 3.97 Å². The Balaban J connectivity index is 1.87. The van der Waals surface area contributed by atoms with Gasteiger partial charge in [0.25, 0.3) is 10.0 Å². The van der Waals surface area contributed by atoms with E-state index in [1.54, 1.807) is 66.7 Å². The van der Waals surface area contributed by atoms with Crippen LogP contribution in [0.25, 0.3) is 0 Å². The van der Waals surface area contributed by atoms with Crippen molar-refractivity contribution in [1.29, 1.82) is 0 Å². The summed E-state index contributed by atoms with van der Waals surface area (Å²) in [7, 11) is -7.07. The Bertz CT molecular complexity index is 1380. The second-order valence-electron chi connectivity index (χ2n) is 7.21. The fourth-order valence-electron chi connectivity index (χ4n) is 3.39. The molecule has 10 heteroatoms. The van der Waals surface area contributed by atoms with Crippen LogP contribution in [-0.4, -0.2) is 20.8 Å². The average Bonchev–Trinajstić information content (AvgIpc) is 3.10. The highest BCUT2D eigenvalue weighted by atomic mass is 79.9. The molecule has 0 amide bonds. The third kappa shape index (κ3) is 5.21. The number of hydrogen-bond donors (Lipinski definition) is 0. The van der Waals surface area contributed by atoms with Gasteiger partial charge in [0.05, 0.1) is 58.3 Å². The molecule has 0 saturated heterocycles. The molecule has 0 radical (unpaired) electrons. The molecule has 2 atom stereocenters. The molecular formula is C24H19Br2NO4S3. The van der Waals surface area contributed by atoms with Gasteiger partial charge < -0.3 is 0 Å². The van der Waals surface area contributed by atoms with Crippen LogP contribution >= 0.6 is 31.9 Å². The predicted octanol–water partition coefficient (Wildman–Crippen LogP) is 5.87. The van der Waals surface area contributed by atoms with E-state index in [4.69, 9.17) is 0 Å². The first-order valence-corrected chi connectivity index (χ1v) is 15.7. The van der Waals surface area contributed by atoms with Gasteiger partial charge in [-0.05, 0) is 68.3 Å². The van der Waals surface area contributed by atoms with Gasteiger partial charge >= 0.3 is 0 Å². The van der Waals surface area contributed by atoms with Gasteiger partial charge in [0.1, 0.15) is 0 Å². The van der Waals surface area contributed by atoms with Crippen LogP contribution in [0, 0.1) is 0 Å². The largest absolute Gasteiger partial charge is 0.268 e. The molecule has 3 aromatic carbocycles. The summed E-state index contributed by atoms with van der Waals surface area (Å²) in [5.41, 5.74) is 0.635. The molecular weight excluding hydrogens is 622 g/mol. The van der Waals surface area contributed by atoms with Crippen LogP contribution in [0.5, 0.6) is 0 Å². The van der Waals surface area contributed by atoms with E-state index in [0.717, 1.165) is 0 Å². The lowest BCUT2D eigenvalue weighted by molar-refractivity contribution is 0.584. The summed E-state index contributed by atoms with van der Waals surface area (Å²) in [6.07, 6.45) is 0. The molecule has 0 bridgehead atoms. The van der Waals surface area contributed by atoms with Crippen LogP contribution in [0.3, 0.4) is 0 Å². The van der Waals surface area contributed by atoms with Crippen molar-refractivity contribution >= 4 is 63.5 Å². The summed E-state index contributed by atoms with van der Waals surface area (Å²) in [5, 5.41) is 0. The van der Waals surface area contributed by atoms with Gasteiger partial charge in [-0.2, -0.15) is 0 Å². The zero-order valence-electron chi connectivity index (χ0n) is 17.6. The second kappa shape index (κ2) is 10.8. The Labute approximate surface area is 220 Å². The quantitative estimate of drug-likeness (QED) is 0.242. The third-order valence-corrected chi connectivity index (χ3v) is 11.7. The van der Waals surface area contributed by atoms with Gasteiger partial charge in [0.2, 0.25) is 0 Å². The Kier molecular flexibility index (Phi) is 8.04. The fraction of sp³-hybridized carbons (Fsp3) is 0.0833. The first-order chi connectivity index (χ1) is 16.3. The van der Waals surface area contributed by atoms with Crippen molar-refractivity contribution in [2.24, 2.45) is 0 Å². The summed E-state index contributed by atoms with van der Waals surface area (Å²) >= 11 is 7.00. The normalized spacial score (nSPS) is 13.5. The summed E-state index contributed by atoms with van der Waals surface area (Å²) in [4.78, 5) is 1.26. The molecule has 0 aliphatic heterocycles. The van der Waals surface area contributed by atoms with Crippen molar-refractivity contribution in [2.45, 2.75) is 26.2 Å². The minimum Gasteiger partial charge on any atom is -0.254 e. The summed E-state index contributed by atoms with van der Waals surface area (Å²) in [6.45, 7) is 0. The molecule has 2 unspecified atom stereocenters. The van der Waals surface area contributed by atoms with Crippen LogP contribution in [0.4, 0.5) is 0 Å². The van der Waals surface area contributed by atoms with Crippen LogP contribution in [0.15, 0.2) is 115 Å². The molecule has 4 aromatic rings. The summed E-state index contributed by atoms with van der Waals surface area (Å²) in [5.74, 6) is -0.0968. The van der Waals surface area contributed by atoms with Gasteiger partial charge in [0, 0.05) is 9.79 Å². The number of halogens is 2. The number of rotatable bonds is 8. The second-order valence-corrected chi connectivity index (χ2v) is 13.5. The number of hydrogen-bond acceptors (Lipinski definition) is 4. The van der Waals surface area contributed by atoms with E-state index >= 15 is 0 Å². The number of nitrogens with zero attached hydrogens (tertiary/aromatic N) is 1. The smallest absolute Gasteiger partial charge is 0.254 e. The zero-order valence-corrected chi connectivity index (χ0v) is 23.3. The topological polar surface area (TPSA) is 73.2 Å². The lowest BCUT2D eigenvalue weighted by atomic mass is 10.4. The number of benzene rings is 3. The molecule has 0 spiro atoms. The van der Waals surface area contributed by atoms with E-state index < -0.39 is 31.6 Å². The molecule has 0 saturated carbocycles. The Hall–Kier alpha value is -1.85. The molecule has 4 rings (SSSR count). The average molecular weight is 641 g/mol. The molecule has 1 aromatic heterocycles. The van der Waals surface area contributed by atoms with Crippen LogP contribution in [0.2, 0.25) is 0 Å². The predicted molar refractivity (Wildman–Crippen MR) is 142 cm³/mol. The molecule has 0 aliphatic rings. The van der Waals surface area contributed by atoms with Gasteiger partial charge in [-0.3, -0.25) is 8.42 Å². The highest BCUT2D eigenvalue weighted by Gasteiger charge is 2.31. The molecule has 0 aliphatic carbocycles. The highest BCUT2D eigenvalue weighted by Crippen LogP contribution is 2.38. The monoisotopic (exact) mass is 639 g/mol. The molecule has 0 N–H and O–H groups in total. The minimum atomic E-state index is -4.07. The standard InChI is InChI=1S/C24H19Br2NO4S3/c25-23-21(16-32(28)18-10-4-1-5-11-18)27(34(30,31)20-14-8-3-9-15-20)22(24(23)26)17-33(29)19-12-6-2-7-13-19/h1-15H,16-17H2. The van der Waals surface area contributed by atoms with E-state index in [0.29, 0.717) is 30.1 Å². The first-order valence-electron chi connectivity index (χ1n) is 10.1. The Morgan fingerprint density at radius 2 is 0.971 bits per heavy atom. The van der Waals surface area contributed by atoms with E-state index in [1.165, 1.54) is 16.1 Å². The van der Waals surface area contributed by atoms with Crippen LogP contribution in [0.1, 0.15) is 11.4 Å². The Morgan fingerprint density at radius 3 is 1.35 bits per heavy atom. The van der Waals surface area contributed by atoms with Gasteiger partial charge in [-0.15, -0.1) is 0 Å².